The number of aromatic nitrogens is 2. The van der Waals surface area contributed by atoms with Gasteiger partial charge in [-0.25, -0.2) is 9.78 Å². The smallest absolute Gasteiger partial charge is 0.438 e. The number of benzene rings is 1. The molecule has 118 valence electrons. The van der Waals surface area contributed by atoms with Gasteiger partial charge >= 0.3 is 12.1 Å². The first-order valence-electron chi connectivity index (χ1n) is 6.52. The lowest BCUT2D eigenvalue weighted by Gasteiger charge is -2.18. The molecular weight excluding hydrogens is 301 g/mol. The number of ether oxygens (including phenoxy) is 1. The molecule has 0 amide bonds. The number of nitrogens with zero attached hydrogens (tertiary/aromatic N) is 2. The molecule has 0 aliphatic heterocycles. The van der Waals surface area contributed by atoms with Gasteiger partial charge in [0.1, 0.15) is 6.04 Å². The molecule has 0 saturated carbocycles. The first kappa shape index (κ1) is 16.0. The molecule has 0 aliphatic carbocycles. The summed E-state index contributed by atoms with van der Waals surface area (Å²) in [6.45, 7) is 2.94. The van der Waals surface area contributed by atoms with E-state index < -0.39 is 29.4 Å². The number of carbonyl (C=O) groups is 1. The minimum absolute atomic E-state index is 0.0226. The molecule has 0 aliphatic rings. The van der Waals surface area contributed by atoms with Crippen molar-refractivity contribution in [2.45, 2.75) is 26.1 Å². The third kappa shape index (κ3) is 2.81. The lowest BCUT2D eigenvalue weighted by Crippen LogP contribution is -2.35. The van der Waals surface area contributed by atoms with Gasteiger partial charge in [-0.05, 0) is 26.0 Å². The molecule has 0 saturated heterocycles. The topological polar surface area (TPSA) is 61.2 Å². The molecule has 1 unspecified atom stereocenters. The number of hydrogen-bond donors (Lipinski definition) is 0. The monoisotopic (exact) mass is 314 g/mol. The molecule has 2 aromatic rings. The fraction of sp³-hybridized carbons (Fsp3) is 0.357. The highest BCUT2D eigenvalue weighted by Crippen LogP contribution is 2.27. The second-order valence-corrected chi connectivity index (χ2v) is 4.55. The fourth-order valence-electron chi connectivity index (χ4n) is 2.09. The number of carbonyl (C=O) groups excluding carboxylic acids is 1. The second-order valence-electron chi connectivity index (χ2n) is 4.55. The molecule has 5 nitrogen and oxygen atoms in total. The summed E-state index contributed by atoms with van der Waals surface area (Å²) in [5, 5.41) is 0. The third-order valence-electron chi connectivity index (χ3n) is 3.08. The minimum Gasteiger partial charge on any atom is -0.464 e. The van der Waals surface area contributed by atoms with E-state index in [0.29, 0.717) is 0 Å². The van der Waals surface area contributed by atoms with Gasteiger partial charge in [-0.2, -0.15) is 13.2 Å². The third-order valence-corrected chi connectivity index (χ3v) is 3.08. The average Bonchev–Trinajstić information content (AvgIpc) is 2.45. The van der Waals surface area contributed by atoms with Gasteiger partial charge in [0.15, 0.2) is 0 Å². The van der Waals surface area contributed by atoms with Gasteiger partial charge in [0.05, 0.1) is 17.6 Å². The van der Waals surface area contributed by atoms with E-state index in [4.69, 9.17) is 4.74 Å². The minimum atomic E-state index is -4.91. The van der Waals surface area contributed by atoms with Crippen LogP contribution in [-0.2, 0) is 15.7 Å². The lowest BCUT2D eigenvalue weighted by molar-refractivity contribution is -0.148. The SMILES string of the molecule is CCOC(=O)C(C)n1c(=O)c(C(F)(F)F)nc2ccccc21. The first-order valence-corrected chi connectivity index (χ1v) is 6.52. The molecule has 1 aromatic carbocycles. The van der Waals surface area contributed by atoms with Crippen LogP contribution in [0.1, 0.15) is 25.6 Å². The zero-order valence-electron chi connectivity index (χ0n) is 11.8. The van der Waals surface area contributed by atoms with Crippen molar-refractivity contribution in [2.24, 2.45) is 0 Å². The Morgan fingerprint density at radius 1 is 1.36 bits per heavy atom. The maximum Gasteiger partial charge on any atom is 0.438 e. The highest BCUT2D eigenvalue weighted by Gasteiger charge is 2.38. The second kappa shape index (κ2) is 5.78. The predicted octanol–water partition coefficient (Wildman–Crippen LogP) is 2.54. The molecule has 1 heterocycles. The summed E-state index contributed by atoms with van der Waals surface area (Å²) >= 11 is 0. The van der Waals surface area contributed by atoms with Crippen LogP contribution in [0.25, 0.3) is 11.0 Å². The van der Waals surface area contributed by atoms with Crippen LogP contribution in [-0.4, -0.2) is 22.1 Å². The average molecular weight is 314 g/mol. The summed E-state index contributed by atoms with van der Waals surface area (Å²) in [6.07, 6.45) is -4.91. The molecule has 0 bridgehead atoms. The Morgan fingerprint density at radius 3 is 2.59 bits per heavy atom. The zero-order chi connectivity index (χ0) is 16.5. The Balaban J connectivity index is 2.78. The maximum atomic E-state index is 13.0. The van der Waals surface area contributed by atoms with Crippen LogP contribution in [0, 0.1) is 0 Å². The van der Waals surface area contributed by atoms with Gasteiger partial charge in [-0.3, -0.25) is 9.36 Å². The van der Waals surface area contributed by atoms with E-state index in [-0.39, 0.29) is 17.6 Å². The van der Waals surface area contributed by atoms with Gasteiger partial charge in [0.2, 0.25) is 5.69 Å². The van der Waals surface area contributed by atoms with E-state index in [1.807, 2.05) is 0 Å². The van der Waals surface area contributed by atoms with E-state index >= 15 is 0 Å². The van der Waals surface area contributed by atoms with Crippen molar-refractivity contribution < 1.29 is 22.7 Å². The molecule has 1 atom stereocenters. The van der Waals surface area contributed by atoms with Crippen molar-refractivity contribution >= 4 is 17.0 Å². The lowest BCUT2D eigenvalue weighted by atomic mass is 10.2. The Kier molecular flexibility index (Phi) is 4.20. The molecular formula is C14H13F3N2O3. The van der Waals surface area contributed by atoms with E-state index in [0.717, 1.165) is 4.57 Å². The largest absolute Gasteiger partial charge is 0.464 e. The number of rotatable bonds is 3. The Bertz CT molecular complexity index is 768. The van der Waals surface area contributed by atoms with Gasteiger partial charge in [0, 0.05) is 0 Å². The molecule has 8 heteroatoms. The van der Waals surface area contributed by atoms with Crippen LogP contribution in [0.15, 0.2) is 29.1 Å². The van der Waals surface area contributed by atoms with Gasteiger partial charge in [-0.15, -0.1) is 0 Å². The van der Waals surface area contributed by atoms with Crippen LogP contribution in [0.2, 0.25) is 0 Å². The molecule has 1 aromatic heterocycles. The Hall–Kier alpha value is -2.38. The molecule has 22 heavy (non-hydrogen) atoms. The summed E-state index contributed by atoms with van der Waals surface area (Å²) in [5.74, 6) is -0.783. The Morgan fingerprint density at radius 2 is 2.00 bits per heavy atom. The summed E-state index contributed by atoms with van der Waals surface area (Å²) in [4.78, 5) is 27.4. The fourth-order valence-corrected chi connectivity index (χ4v) is 2.09. The molecule has 0 N–H and O–H groups in total. The van der Waals surface area contributed by atoms with Crippen molar-refractivity contribution in [3.63, 3.8) is 0 Å². The summed E-state index contributed by atoms with van der Waals surface area (Å²) in [5.41, 5.74) is -2.80. The molecule has 0 fully saturated rings. The highest BCUT2D eigenvalue weighted by molar-refractivity contribution is 5.80. The van der Waals surface area contributed by atoms with Gasteiger partial charge in [-0.1, -0.05) is 12.1 Å². The standard InChI is InChI=1S/C14H13F3N2O3/c1-3-22-13(21)8(2)19-10-7-5-4-6-9(10)18-11(12(19)20)14(15,16)17/h4-8H,3H2,1-2H3. The van der Waals surface area contributed by atoms with Crippen molar-refractivity contribution in [3.05, 3.63) is 40.3 Å². The number of fused-ring (bicyclic) bond motifs is 1. The normalized spacial score (nSPS) is 13.1. The van der Waals surface area contributed by atoms with Crippen LogP contribution >= 0.6 is 0 Å². The van der Waals surface area contributed by atoms with Gasteiger partial charge < -0.3 is 4.74 Å². The van der Waals surface area contributed by atoms with Gasteiger partial charge in [0.25, 0.3) is 5.56 Å². The van der Waals surface area contributed by atoms with E-state index in [1.54, 1.807) is 13.0 Å². The quantitative estimate of drug-likeness (QED) is 0.817. The number of para-hydroxylation sites is 2. The van der Waals surface area contributed by atoms with Crippen LogP contribution in [0.3, 0.4) is 0 Å². The Labute approximate surface area is 123 Å². The van der Waals surface area contributed by atoms with E-state index in [2.05, 4.69) is 4.98 Å². The van der Waals surface area contributed by atoms with Crippen molar-refractivity contribution in [1.82, 2.24) is 9.55 Å². The molecule has 0 spiro atoms. The number of hydrogen-bond acceptors (Lipinski definition) is 4. The van der Waals surface area contributed by atoms with Crippen LogP contribution < -0.4 is 5.56 Å². The van der Waals surface area contributed by atoms with Crippen molar-refractivity contribution in [1.29, 1.82) is 0 Å². The molecule has 0 radical (unpaired) electrons. The highest BCUT2D eigenvalue weighted by atomic mass is 19.4. The van der Waals surface area contributed by atoms with E-state index in [1.165, 1.54) is 25.1 Å². The number of halogens is 3. The van der Waals surface area contributed by atoms with Crippen molar-refractivity contribution in [2.75, 3.05) is 6.61 Å². The summed E-state index contributed by atoms with van der Waals surface area (Å²) < 4.78 is 44.5. The maximum absolute atomic E-state index is 13.0. The van der Waals surface area contributed by atoms with Crippen LogP contribution in [0.4, 0.5) is 13.2 Å². The number of alkyl halides is 3. The number of esters is 1. The summed E-state index contributed by atoms with van der Waals surface area (Å²) in [6, 6.07) is 4.63. The first-order chi connectivity index (χ1) is 10.3. The van der Waals surface area contributed by atoms with E-state index in [9.17, 15) is 22.8 Å². The van der Waals surface area contributed by atoms with Crippen molar-refractivity contribution in [3.8, 4) is 0 Å². The molecule has 2 rings (SSSR count). The summed E-state index contributed by atoms with van der Waals surface area (Å²) in [7, 11) is 0. The van der Waals surface area contributed by atoms with Crippen LogP contribution in [0.5, 0.6) is 0 Å². The predicted molar refractivity (Wildman–Crippen MR) is 72.3 cm³/mol. The zero-order valence-corrected chi connectivity index (χ0v) is 11.8.